The number of amides is 1. The molecule has 122 valence electrons. The highest BCUT2D eigenvalue weighted by Gasteiger charge is 2.21. The predicted molar refractivity (Wildman–Crippen MR) is 80.7 cm³/mol. The molecule has 1 rings (SSSR count). The van der Waals surface area contributed by atoms with Gasteiger partial charge in [0.1, 0.15) is 6.04 Å². The highest BCUT2D eigenvalue weighted by Crippen LogP contribution is 2.16. The number of hydrogen-bond donors (Lipinski definition) is 3. The van der Waals surface area contributed by atoms with E-state index in [4.69, 9.17) is 5.11 Å². The molecule has 0 radical (unpaired) electrons. The van der Waals surface area contributed by atoms with Gasteiger partial charge in [0, 0.05) is 31.7 Å². The van der Waals surface area contributed by atoms with E-state index in [-0.39, 0.29) is 25.2 Å². The summed E-state index contributed by atoms with van der Waals surface area (Å²) in [4.78, 5) is 37.4. The topological polar surface area (TPSA) is 116 Å². The molecular weight excluding hydrogens is 288 g/mol. The summed E-state index contributed by atoms with van der Waals surface area (Å²) < 4.78 is 0. The number of carboxylic acids is 2. The Labute approximate surface area is 129 Å². The fourth-order valence-corrected chi connectivity index (χ4v) is 2.16. The maximum absolute atomic E-state index is 11.7. The zero-order valence-corrected chi connectivity index (χ0v) is 12.5. The number of rotatable bonds is 9. The molecule has 0 aromatic rings. The van der Waals surface area contributed by atoms with E-state index in [0.29, 0.717) is 12.8 Å². The monoisotopic (exact) mass is 310 g/mol. The summed E-state index contributed by atoms with van der Waals surface area (Å²) in [6, 6.07) is -0.966. The van der Waals surface area contributed by atoms with Gasteiger partial charge in [-0.2, -0.15) is 0 Å². The molecule has 0 saturated carbocycles. The fourth-order valence-electron chi connectivity index (χ4n) is 2.16. The SMILES string of the molecule is O=C(O)CCCCC(=O)NC(CC1=CN=CCCC1)C(=O)O. The van der Waals surface area contributed by atoms with Crippen LogP contribution in [0.25, 0.3) is 0 Å². The van der Waals surface area contributed by atoms with Crippen molar-refractivity contribution < 1.29 is 24.6 Å². The average Bonchev–Trinajstić information content (AvgIpc) is 2.71. The van der Waals surface area contributed by atoms with E-state index in [9.17, 15) is 19.5 Å². The summed E-state index contributed by atoms with van der Waals surface area (Å²) in [5.74, 6) is -2.34. The Bertz CT molecular complexity index is 471. The number of nitrogens with zero attached hydrogens (tertiary/aromatic N) is 1. The highest BCUT2D eigenvalue weighted by atomic mass is 16.4. The van der Waals surface area contributed by atoms with Crippen LogP contribution in [-0.2, 0) is 14.4 Å². The first-order chi connectivity index (χ1) is 10.5. The minimum Gasteiger partial charge on any atom is -0.481 e. The van der Waals surface area contributed by atoms with Crippen molar-refractivity contribution in [2.24, 2.45) is 4.99 Å². The predicted octanol–water partition coefficient (Wildman–Crippen LogP) is 1.73. The van der Waals surface area contributed by atoms with E-state index >= 15 is 0 Å². The molecule has 0 saturated heterocycles. The van der Waals surface area contributed by atoms with Crippen molar-refractivity contribution in [3.05, 3.63) is 11.8 Å². The lowest BCUT2D eigenvalue weighted by atomic mass is 10.0. The number of carboxylic acid groups (broad SMARTS) is 2. The van der Waals surface area contributed by atoms with Crippen LogP contribution in [0.1, 0.15) is 51.4 Å². The van der Waals surface area contributed by atoms with Crippen LogP contribution in [0, 0.1) is 0 Å². The minimum atomic E-state index is -1.08. The van der Waals surface area contributed by atoms with E-state index in [1.54, 1.807) is 12.4 Å². The van der Waals surface area contributed by atoms with Gasteiger partial charge in [0.2, 0.25) is 5.91 Å². The van der Waals surface area contributed by atoms with Crippen LogP contribution in [0.3, 0.4) is 0 Å². The molecule has 7 heteroatoms. The lowest BCUT2D eigenvalue weighted by Gasteiger charge is -2.16. The Morgan fingerprint density at radius 2 is 1.95 bits per heavy atom. The Hall–Kier alpha value is -2.18. The summed E-state index contributed by atoms with van der Waals surface area (Å²) in [5.41, 5.74) is 0.910. The van der Waals surface area contributed by atoms with Crippen molar-refractivity contribution >= 4 is 24.1 Å². The van der Waals surface area contributed by atoms with Crippen LogP contribution in [-0.4, -0.2) is 40.3 Å². The molecular formula is C15H22N2O5. The van der Waals surface area contributed by atoms with Gasteiger partial charge in [0.05, 0.1) is 0 Å². The van der Waals surface area contributed by atoms with Crippen molar-refractivity contribution in [1.82, 2.24) is 5.32 Å². The van der Waals surface area contributed by atoms with Crippen LogP contribution in [0.4, 0.5) is 0 Å². The number of hydrogen-bond acceptors (Lipinski definition) is 4. The van der Waals surface area contributed by atoms with Crippen molar-refractivity contribution in [3.8, 4) is 0 Å². The highest BCUT2D eigenvalue weighted by molar-refractivity contribution is 5.83. The van der Waals surface area contributed by atoms with Crippen LogP contribution < -0.4 is 5.32 Å². The molecule has 1 atom stereocenters. The van der Waals surface area contributed by atoms with Crippen LogP contribution in [0.5, 0.6) is 0 Å². The Balaban J connectivity index is 2.41. The molecule has 3 N–H and O–H groups in total. The maximum atomic E-state index is 11.7. The quantitative estimate of drug-likeness (QED) is 0.561. The number of carbonyl (C=O) groups is 3. The molecule has 0 aromatic heterocycles. The zero-order valence-electron chi connectivity index (χ0n) is 12.5. The minimum absolute atomic E-state index is 0.0144. The molecule has 1 heterocycles. The third kappa shape index (κ3) is 7.56. The summed E-state index contributed by atoms with van der Waals surface area (Å²) in [6.45, 7) is 0. The van der Waals surface area contributed by atoms with Gasteiger partial charge in [-0.1, -0.05) is 0 Å². The van der Waals surface area contributed by atoms with Crippen LogP contribution >= 0.6 is 0 Å². The molecule has 0 fully saturated rings. The molecule has 0 aliphatic carbocycles. The molecule has 0 aromatic carbocycles. The smallest absolute Gasteiger partial charge is 0.326 e. The molecule has 0 spiro atoms. The van der Waals surface area contributed by atoms with E-state index in [0.717, 1.165) is 24.8 Å². The summed E-state index contributed by atoms with van der Waals surface area (Å²) in [5, 5.41) is 20.2. The van der Waals surface area contributed by atoms with Gasteiger partial charge >= 0.3 is 11.9 Å². The lowest BCUT2D eigenvalue weighted by molar-refractivity contribution is -0.141. The average molecular weight is 310 g/mol. The summed E-state index contributed by atoms with van der Waals surface area (Å²) in [6.07, 6.45) is 7.25. The van der Waals surface area contributed by atoms with Crippen molar-refractivity contribution in [2.75, 3.05) is 0 Å². The first kappa shape index (κ1) is 17.9. The first-order valence-electron chi connectivity index (χ1n) is 7.42. The molecule has 1 unspecified atom stereocenters. The standard InChI is InChI=1S/C15H22N2O5/c18-13(6-1-2-7-14(19)20)17-12(15(21)22)9-11-5-3-4-8-16-10-11/h8,10,12H,1-7,9H2,(H,17,18)(H,19,20)(H,21,22). The van der Waals surface area contributed by atoms with Gasteiger partial charge in [-0.25, -0.2) is 4.79 Å². The Kier molecular flexibility index (Phi) is 7.88. The first-order valence-corrected chi connectivity index (χ1v) is 7.42. The number of aliphatic carboxylic acids is 2. The van der Waals surface area contributed by atoms with Gasteiger partial charge in [-0.15, -0.1) is 0 Å². The van der Waals surface area contributed by atoms with E-state index in [2.05, 4.69) is 10.3 Å². The normalized spacial score (nSPS) is 15.5. The van der Waals surface area contributed by atoms with E-state index in [1.165, 1.54) is 0 Å². The second-order valence-corrected chi connectivity index (χ2v) is 5.27. The maximum Gasteiger partial charge on any atom is 0.326 e. The number of aliphatic imine (C=N–C) groups is 1. The second-order valence-electron chi connectivity index (χ2n) is 5.27. The fraction of sp³-hybridized carbons (Fsp3) is 0.600. The number of nitrogens with one attached hydrogen (secondary N) is 1. The summed E-state index contributed by atoms with van der Waals surface area (Å²) in [7, 11) is 0. The number of unbranched alkanes of at least 4 members (excludes halogenated alkanes) is 1. The third-order valence-electron chi connectivity index (χ3n) is 3.34. The molecule has 1 amide bonds. The molecule has 1 aliphatic heterocycles. The van der Waals surface area contributed by atoms with E-state index < -0.39 is 18.0 Å². The van der Waals surface area contributed by atoms with Gasteiger partial charge in [-0.05, 0) is 37.7 Å². The molecule has 22 heavy (non-hydrogen) atoms. The Morgan fingerprint density at radius 1 is 1.23 bits per heavy atom. The lowest BCUT2D eigenvalue weighted by Crippen LogP contribution is -2.41. The van der Waals surface area contributed by atoms with Gasteiger partial charge in [0.15, 0.2) is 0 Å². The summed E-state index contributed by atoms with van der Waals surface area (Å²) >= 11 is 0. The zero-order chi connectivity index (χ0) is 16.4. The second kappa shape index (κ2) is 9.70. The van der Waals surface area contributed by atoms with Crippen molar-refractivity contribution in [2.45, 2.75) is 57.4 Å². The van der Waals surface area contributed by atoms with E-state index in [1.807, 2.05) is 0 Å². The van der Waals surface area contributed by atoms with Crippen LogP contribution in [0.15, 0.2) is 16.8 Å². The molecule has 0 bridgehead atoms. The van der Waals surface area contributed by atoms with Gasteiger partial charge in [-0.3, -0.25) is 14.6 Å². The molecule has 1 aliphatic rings. The van der Waals surface area contributed by atoms with Crippen molar-refractivity contribution in [1.29, 1.82) is 0 Å². The van der Waals surface area contributed by atoms with Crippen molar-refractivity contribution in [3.63, 3.8) is 0 Å². The number of carbonyl (C=O) groups excluding carboxylic acids is 1. The van der Waals surface area contributed by atoms with Crippen LogP contribution in [0.2, 0.25) is 0 Å². The Morgan fingerprint density at radius 3 is 2.64 bits per heavy atom. The van der Waals surface area contributed by atoms with Gasteiger partial charge in [0.25, 0.3) is 0 Å². The third-order valence-corrected chi connectivity index (χ3v) is 3.34. The van der Waals surface area contributed by atoms with Gasteiger partial charge < -0.3 is 15.5 Å². The largest absolute Gasteiger partial charge is 0.481 e. The molecule has 7 nitrogen and oxygen atoms in total.